The highest BCUT2D eigenvalue weighted by Gasteiger charge is 2.24. The summed E-state index contributed by atoms with van der Waals surface area (Å²) in [5.74, 6) is 0.738. The topological polar surface area (TPSA) is 12.4 Å². The molecule has 0 heterocycles. The average Bonchev–Trinajstić information content (AvgIpc) is 2.70. The first kappa shape index (κ1) is 22.1. The van der Waals surface area contributed by atoms with Crippen LogP contribution in [0.25, 0.3) is 0 Å². The molecule has 1 fully saturated rings. The Kier molecular flexibility index (Phi) is 10.1. The lowest BCUT2D eigenvalue weighted by Crippen LogP contribution is -2.40. The van der Waals surface area contributed by atoms with Crippen LogP contribution >= 0.6 is 0 Å². The van der Waals surface area contributed by atoms with Crippen molar-refractivity contribution in [3.8, 4) is 0 Å². The molecule has 0 amide bonds. The van der Waals surface area contributed by atoms with Crippen LogP contribution in [0.4, 0.5) is 0 Å². The van der Waals surface area contributed by atoms with E-state index >= 15 is 0 Å². The summed E-state index contributed by atoms with van der Waals surface area (Å²) in [6, 6.07) is 11.1. The second-order valence-electron chi connectivity index (χ2n) is 8.87. The first-order valence-corrected chi connectivity index (χ1v) is 14.5. The van der Waals surface area contributed by atoms with Crippen LogP contribution in [0, 0.1) is 5.92 Å². The van der Waals surface area contributed by atoms with Crippen molar-refractivity contribution >= 4 is 19.5 Å². The molecule has 0 radical (unpaired) electrons. The maximum absolute atomic E-state index is 4.87. The van der Waals surface area contributed by atoms with E-state index in [4.69, 9.17) is 4.99 Å². The Bertz CT molecular complexity index is 567. The number of aliphatic imine (C=N–C) groups is 1. The molecule has 27 heavy (non-hydrogen) atoms. The van der Waals surface area contributed by atoms with Gasteiger partial charge in [-0.05, 0) is 30.8 Å². The second-order valence-corrected chi connectivity index (χ2v) is 13.2. The Hall–Kier alpha value is -1.15. The van der Waals surface area contributed by atoms with E-state index in [1.54, 1.807) is 5.57 Å². The van der Waals surface area contributed by atoms with Crippen molar-refractivity contribution in [3.63, 3.8) is 0 Å². The minimum atomic E-state index is -1.57. The molecule has 2 heteroatoms. The lowest BCUT2D eigenvalue weighted by Gasteiger charge is -2.26. The molecule has 1 aromatic rings. The third kappa shape index (κ3) is 8.17. The Morgan fingerprint density at radius 3 is 2.33 bits per heavy atom. The summed E-state index contributed by atoms with van der Waals surface area (Å²) in [7, 11) is -1.57. The largest absolute Gasteiger partial charge is 0.293 e. The summed E-state index contributed by atoms with van der Waals surface area (Å²) >= 11 is 0. The van der Waals surface area contributed by atoms with E-state index in [1.807, 2.05) is 0 Å². The van der Waals surface area contributed by atoms with Crippen LogP contribution in [0.5, 0.6) is 0 Å². The van der Waals surface area contributed by atoms with Crippen LogP contribution in [-0.2, 0) is 0 Å². The van der Waals surface area contributed by atoms with Gasteiger partial charge in [0.1, 0.15) is 8.07 Å². The van der Waals surface area contributed by atoms with Crippen molar-refractivity contribution in [1.82, 2.24) is 0 Å². The predicted octanol–water partition coefficient (Wildman–Crippen LogP) is 7.08. The average molecular weight is 384 g/mol. The van der Waals surface area contributed by atoms with Crippen LogP contribution in [-0.4, -0.2) is 20.8 Å². The monoisotopic (exact) mass is 383 g/mol. The number of hydrogen-bond donors (Lipinski definition) is 0. The lowest BCUT2D eigenvalue weighted by atomic mass is 9.85. The zero-order valence-electron chi connectivity index (χ0n) is 18.1. The van der Waals surface area contributed by atoms with E-state index in [1.165, 1.54) is 75.8 Å². The van der Waals surface area contributed by atoms with Gasteiger partial charge in [-0.1, -0.05) is 113 Å². The molecule has 0 spiro atoms. The molecule has 1 aromatic carbocycles. The number of benzene rings is 1. The quantitative estimate of drug-likeness (QED) is 0.220. The van der Waals surface area contributed by atoms with Crippen molar-refractivity contribution in [1.29, 1.82) is 0 Å². The van der Waals surface area contributed by atoms with Gasteiger partial charge in [0.05, 0.1) is 0 Å². The van der Waals surface area contributed by atoms with E-state index in [9.17, 15) is 0 Å². The van der Waals surface area contributed by atoms with Gasteiger partial charge in [-0.2, -0.15) is 0 Å². The Morgan fingerprint density at radius 1 is 0.963 bits per heavy atom. The fraction of sp³-hybridized carbons (Fsp3) is 0.640. The van der Waals surface area contributed by atoms with Crippen molar-refractivity contribution in [2.75, 3.05) is 6.54 Å². The predicted molar refractivity (Wildman–Crippen MR) is 125 cm³/mol. The summed E-state index contributed by atoms with van der Waals surface area (Å²) in [4.78, 5) is 4.87. The number of allylic oxidation sites excluding steroid dienone is 1. The van der Waals surface area contributed by atoms with Gasteiger partial charge in [0.25, 0.3) is 0 Å². The molecule has 0 N–H and O–H groups in total. The van der Waals surface area contributed by atoms with Crippen LogP contribution in [0.1, 0.15) is 77.6 Å². The Labute approximate surface area is 169 Å². The SMILES string of the molecule is CCCCCCCCN=C/C(=C/[Si](C)(C)c1ccccc1)C1CCCCC1. The molecule has 0 saturated heterocycles. The zero-order chi connectivity index (χ0) is 19.4. The molecule has 0 aromatic heterocycles. The van der Waals surface area contributed by atoms with E-state index < -0.39 is 8.07 Å². The molecule has 0 aliphatic heterocycles. The van der Waals surface area contributed by atoms with Crippen molar-refractivity contribution in [3.05, 3.63) is 41.6 Å². The molecule has 0 bridgehead atoms. The Balaban J connectivity index is 1.99. The number of nitrogens with zero attached hydrogens (tertiary/aromatic N) is 1. The highest BCUT2D eigenvalue weighted by Crippen LogP contribution is 2.30. The standard InChI is InChI=1S/C25H41NSi/c1-4-5-6-7-8-15-20-26-21-24(23-16-11-9-12-17-23)22-27(2,3)25-18-13-10-14-19-25/h10,13-14,18-19,21-23H,4-9,11-12,15-17,20H2,1-3H3/b24-22-,26-21?. The van der Waals surface area contributed by atoms with E-state index in [-0.39, 0.29) is 0 Å². The maximum Gasteiger partial charge on any atom is 0.104 e. The smallest absolute Gasteiger partial charge is 0.104 e. The van der Waals surface area contributed by atoms with Gasteiger partial charge in [0.2, 0.25) is 0 Å². The van der Waals surface area contributed by atoms with Crippen molar-refractivity contribution in [2.24, 2.45) is 10.9 Å². The molecule has 2 rings (SSSR count). The summed E-state index contributed by atoms with van der Waals surface area (Å²) in [5, 5.41) is 1.53. The molecule has 0 atom stereocenters. The van der Waals surface area contributed by atoms with Gasteiger partial charge in [-0.3, -0.25) is 4.99 Å². The maximum atomic E-state index is 4.87. The first-order chi connectivity index (χ1) is 13.1. The number of unbranched alkanes of at least 4 members (excludes halogenated alkanes) is 5. The molecule has 1 aliphatic rings. The molecular formula is C25H41NSi. The normalized spacial score (nSPS) is 16.9. The summed E-state index contributed by atoms with van der Waals surface area (Å²) in [5.41, 5.74) is 4.18. The minimum absolute atomic E-state index is 0.738. The fourth-order valence-electron chi connectivity index (χ4n) is 4.22. The fourth-order valence-corrected chi connectivity index (χ4v) is 6.58. The van der Waals surface area contributed by atoms with Crippen LogP contribution in [0.15, 0.2) is 46.6 Å². The van der Waals surface area contributed by atoms with E-state index in [2.05, 4.69) is 62.3 Å². The summed E-state index contributed by atoms with van der Waals surface area (Å²) < 4.78 is 0. The Morgan fingerprint density at radius 2 is 1.63 bits per heavy atom. The van der Waals surface area contributed by atoms with Crippen LogP contribution < -0.4 is 5.19 Å². The van der Waals surface area contributed by atoms with Gasteiger partial charge in [-0.25, -0.2) is 0 Å². The van der Waals surface area contributed by atoms with Crippen LogP contribution in [0.2, 0.25) is 13.1 Å². The lowest BCUT2D eigenvalue weighted by molar-refractivity contribution is 0.412. The zero-order valence-corrected chi connectivity index (χ0v) is 19.1. The highest BCUT2D eigenvalue weighted by molar-refractivity contribution is 6.94. The third-order valence-electron chi connectivity index (χ3n) is 6.00. The van der Waals surface area contributed by atoms with Gasteiger partial charge >= 0.3 is 0 Å². The van der Waals surface area contributed by atoms with Crippen LogP contribution in [0.3, 0.4) is 0 Å². The summed E-state index contributed by atoms with van der Waals surface area (Å²) in [6.07, 6.45) is 17.2. The molecule has 0 unspecified atom stereocenters. The second kappa shape index (κ2) is 12.3. The molecule has 1 aliphatic carbocycles. The number of rotatable bonds is 11. The molecular weight excluding hydrogens is 342 g/mol. The van der Waals surface area contributed by atoms with Crippen molar-refractivity contribution in [2.45, 2.75) is 90.6 Å². The molecule has 150 valence electrons. The van der Waals surface area contributed by atoms with Gasteiger partial charge in [0.15, 0.2) is 0 Å². The third-order valence-corrected chi connectivity index (χ3v) is 8.88. The van der Waals surface area contributed by atoms with Gasteiger partial charge < -0.3 is 0 Å². The highest BCUT2D eigenvalue weighted by atomic mass is 28.3. The van der Waals surface area contributed by atoms with Gasteiger partial charge in [-0.15, -0.1) is 0 Å². The first-order valence-electron chi connectivity index (χ1n) is 11.4. The van der Waals surface area contributed by atoms with Crippen molar-refractivity contribution < 1.29 is 0 Å². The number of hydrogen-bond acceptors (Lipinski definition) is 1. The summed E-state index contributed by atoms with van der Waals surface area (Å²) in [6.45, 7) is 8.24. The van der Waals surface area contributed by atoms with E-state index in [0.29, 0.717) is 0 Å². The molecule has 1 saturated carbocycles. The molecule has 1 nitrogen and oxygen atoms in total. The van der Waals surface area contributed by atoms with Gasteiger partial charge in [0, 0.05) is 12.8 Å². The van der Waals surface area contributed by atoms with E-state index in [0.717, 1.165) is 12.5 Å². The minimum Gasteiger partial charge on any atom is -0.293 e.